The van der Waals surface area contributed by atoms with Crippen molar-refractivity contribution >= 4 is 5.91 Å². The quantitative estimate of drug-likeness (QED) is 0.747. The van der Waals surface area contributed by atoms with Gasteiger partial charge in [-0.05, 0) is 50.4 Å². The van der Waals surface area contributed by atoms with Gasteiger partial charge in [0, 0.05) is 39.1 Å². The van der Waals surface area contributed by atoms with Gasteiger partial charge in [0.1, 0.15) is 0 Å². The van der Waals surface area contributed by atoms with Crippen molar-refractivity contribution < 1.29 is 14.3 Å². The van der Waals surface area contributed by atoms with E-state index in [0.29, 0.717) is 23.7 Å². The van der Waals surface area contributed by atoms with Crippen molar-refractivity contribution in [3.05, 3.63) is 11.6 Å². The number of hydrogen-bond donors (Lipinski definition) is 0. The van der Waals surface area contributed by atoms with Gasteiger partial charge in [-0.2, -0.15) is 0 Å². The summed E-state index contributed by atoms with van der Waals surface area (Å²) >= 11 is 0. The molecular formula is C19H31NO3. The molecule has 130 valence electrons. The molecular weight excluding hydrogens is 290 g/mol. The standard InChI is InChI=1S/C19H31NO3/c1-22-14-17-15-23-12-9-19(17)7-10-20(11-8-19)18(21)13-16-5-3-2-4-6-16/h5,17H,2-4,6-15H2,1H3/t17-/m0/s1. The summed E-state index contributed by atoms with van der Waals surface area (Å²) in [6, 6.07) is 0. The molecule has 23 heavy (non-hydrogen) atoms. The zero-order chi connectivity index (χ0) is 16.1. The summed E-state index contributed by atoms with van der Waals surface area (Å²) in [4.78, 5) is 14.7. The third-order valence-corrected chi connectivity index (χ3v) is 6.17. The van der Waals surface area contributed by atoms with E-state index in [0.717, 1.165) is 65.0 Å². The predicted octanol–water partition coefficient (Wildman–Crippen LogP) is 3.17. The van der Waals surface area contributed by atoms with E-state index in [1.807, 2.05) is 0 Å². The summed E-state index contributed by atoms with van der Waals surface area (Å²) in [5.41, 5.74) is 1.69. The Balaban J connectivity index is 1.54. The Bertz CT molecular complexity index is 436. The number of hydrogen-bond acceptors (Lipinski definition) is 3. The largest absolute Gasteiger partial charge is 0.384 e. The van der Waals surface area contributed by atoms with E-state index in [-0.39, 0.29) is 0 Å². The lowest BCUT2D eigenvalue weighted by molar-refractivity contribution is -0.137. The molecule has 3 rings (SSSR count). The van der Waals surface area contributed by atoms with Gasteiger partial charge in [-0.3, -0.25) is 4.79 Å². The highest BCUT2D eigenvalue weighted by molar-refractivity contribution is 5.78. The number of amides is 1. The van der Waals surface area contributed by atoms with Crippen LogP contribution in [0, 0.1) is 11.3 Å². The monoisotopic (exact) mass is 321 g/mol. The number of nitrogens with zero attached hydrogens (tertiary/aromatic N) is 1. The maximum absolute atomic E-state index is 12.6. The molecule has 2 heterocycles. The third-order valence-electron chi connectivity index (χ3n) is 6.17. The number of likely N-dealkylation sites (tertiary alicyclic amines) is 1. The van der Waals surface area contributed by atoms with E-state index in [4.69, 9.17) is 9.47 Å². The molecule has 0 bridgehead atoms. The first kappa shape index (κ1) is 17.0. The van der Waals surface area contributed by atoms with Crippen molar-refractivity contribution in [2.24, 2.45) is 11.3 Å². The van der Waals surface area contributed by atoms with Gasteiger partial charge in [0.25, 0.3) is 0 Å². The number of carbonyl (C=O) groups excluding carboxylic acids is 1. The highest BCUT2D eigenvalue weighted by atomic mass is 16.5. The fraction of sp³-hybridized carbons (Fsp3) is 0.842. The molecule has 2 aliphatic heterocycles. The molecule has 0 N–H and O–H groups in total. The van der Waals surface area contributed by atoms with Crippen LogP contribution in [-0.2, 0) is 14.3 Å². The van der Waals surface area contributed by atoms with Gasteiger partial charge >= 0.3 is 0 Å². The van der Waals surface area contributed by atoms with E-state index in [1.165, 1.54) is 18.4 Å². The van der Waals surface area contributed by atoms with Crippen LogP contribution in [-0.4, -0.2) is 50.8 Å². The highest BCUT2D eigenvalue weighted by Gasteiger charge is 2.44. The number of carbonyl (C=O) groups is 1. The molecule has 1 aliphatic carbocycles. The van der Waals surface area contributed by atoms with Gasteiger partial charge in [0.15, 0.2) is 0 Å². The van der Waals surface area contributed by atoms with Gasteiger partial charge < -0.3 is 14.4 Å². The second-order valence-corrected chi connectivity index (χ2v) is 7.51. The summed E-state index contributed by atoms with van der Waals surface area (Å²) in [5.74, 6) is 0.822. The lowest BCUT2D eigenvalue weighted by Gasteiger charge is -2.49. The van der Waals surface area contributed by atoms with E-state index in [9.17, 15) is 4.79 Å². The molecule has 0 saturated carbocycles. The van der Waals surface area contributed by atoms with Crippen LogP contribution in [0.5, 0.6) is 0 Å². The van der Waals surface area contributed by atoms with E-state index in [2.05, 4.69) is 11.0 Å². The van der Waals surface area contributed by atoms with Crippen LogP contribution in [0.4, 0.5) is 0 Å². The highest BCUT2D eigenvalue weighted by Crippen LogP contribution is 2.44. The van der Waals surface area contributed by atoms with Crippen LogP contribution in [0.2, 0.25) is 0 Å². The van der Waals surface area contributed by atoms with Crippen molar-refractivity contribution in [1.29, 1.82) is 0 Å². The smallest absolute Gasteiger partial charge is 0.226 e. The summed E-state index contributed by atoms with van der Waals surface area (Å²) in [6.45, 7) is 4.27. The molecule has 0 aromatic rings. The zero-order valence-electron chi connectivity index (χ0n) is 14.5. The molecule has 0 aromatic carbocycles. The number of rotatable bonds is 4. The van der Waals surface area contributed by atoms with E-state index < -0.39 is 0 Å². The first-order valence-corrected chi connectivity index (χ1v) is 9.26. The average molecular weight is 321 g/mol. The van der Waals surface area contributed by atoms with Gasteiger partial charge in [-0.1, -0.05) is 11.6 Å². The van der Waals surface area contributed by atoms with Crippen molar-refractivity contribution in [2.75, 3.05) is 40.0 Å². The van der Waals surface area contributed by atoms with Crippen LogP contribution in [0.1, 0.15) is 51.4 Å². The maximum atomic E-state index is 12.6. The normalized spacial score (nSPS) is 27.8. The second-order valence-electron chi connectivity index (χ2n) is 7.51. The first-order chi connectivity index (χ1) is 11.2. The van der Waals surface area contributed by atoms with Crippen LogP contribution < -0.4 is 0 Å². The lowest BCUT2D eigenvalue weighted by atomic mass is 9.66. The molecule has 1 amide bonds. The zero-order valence-corrected chi connectivity index (χ0v) is 14.5. The fourth-order valence-corrected chi connectivity index (χ4v) is 4.54. The summed E-state index contributed by atoms with van der Waals surface area (Å²) in [7, 11) is 1.78. The molecule has 2 saturated heterocycles. The van der Waals surface area contributed by atoms with Gasteiger partial charge in [-0.25, -0.2) is 0 Å². The SMILES string of the molecule is COC[C@H]1COCCC12CCN(C(=O)CC1=CCCCC1)CC2. The molecule has 1 atom stereocenters. The maximum Gasteiger partial charge on any atom is 0.226 e. The van der Waals surface area contributed by atoms with Gasteiger partial charge in [0.2, 0.25) is 5.91 Å². The molecule has 0 radical (unpaired) electrons. The first-order valence-electron chi connectivity index (χ1n) is 9.26. The number of allylic oxidation sites excluding steroid dienone is 1. The van der Waals surface area contributed by atoms with Crippen molar-refractivity contribution in [3.8, 4) is 0 Å². The Morgan fingerprint density at radius 3 is 2.87 bits per heavy atom. The van der Waals surface area contributed by atoms with Gasteiger partial charge in [0.05, 0.1) is 13.2 Å². The molecule has 0 unspecified atom stereocenters. The molecule has 3 aliphatic rings. The molecule has 4 heteroatoms. The number of ether oxygens (including phenoxy) is 2. The van der Waals surface area contributed by atoms with Crippen LogP contribution in [0.15, 0.2) is 11.6 Å². The second kappa shape index (κ2) is 7.80. The number of methoxy groups -OCH3 is 1. The van der Waals surface area contributed by atoms with Crippen molar-refractivity contribution in [1.82, 2.24) is 4.90 Å². The Kier molecular flexibility index (Phi) is 5.76. The Morgan fingerprint density at radius 2 is 2.17 bits per heavy atom. The Morgan fingerprint density at radius 1 is 1.35 bits per heavy atom. The molecule has 4 nitrogen and oxygen atoms in total. The fourth-order valence-electron chi connectivity index (χ4n) is 4.54. The topological polar surface area (TPSA) is 38.8 Å². The number of piperidine rings is 1. The molecule has 2 fully saturated rings. The van der Waals surface area contributed by atoms with Crippen LogP contribution in [0.25, 0.3) is 0 Å². The van der Waals surface area contributed by atoms with Crippen molar-refractivity contribution in [2.45, 2.75) is 51.4 Å². The van der Waals surface area contributed by atoms with Crippen LogP contribution in [0.3, 0.4) is 0 Å². The average Bonchev–Trinajstić information content (AvgIpc) is 2.59. The summed E-state index contributed by atoms with van der Waals surface area (Å²) in [6.07, 6.45) is 11.1. The molecule has 0 aromatic heterocycles. The van der Waals surface area contributed by atoms with Gasteiger partial charge in [-0.15, -0.1) is 0 Å². The van der Waals surface area contributed by atoms with Crippen molar-refractivity contribution in [3.63, 3.8) is 0 Å². The Hall–Kier alpha value is -0.870. The predicted molar refractivity (Wildman–Crippen MR) is 90.2 cm³/mol. The summed E-state index contributed by atoms with van der Waals surface area (Å²) < 4.78 is 11.1. The van der Waals surface area contributed by atoms with E-state index in [1.54, 1.807) is 7.11 Å². The minimum absolute atomic E-state index is 0.329. The lowest BCUT2D eigenvalue weighted by Crippen LogP contribution is -2.50. The Labute approximate surface area is 140 Å². The minimum atomic E-state index is 0.329. The minimum Gasteiger partial charge on any atom is -0.384 e. The van der Waals surface area contributed by atoms with E-state index >= 15 is 0 Å². The summed E-state index contributed by atoms with van der Waals surface area (Å²) in [5, 5.41) is 0. The van der Waals surface area contributed by atoms with Crippen LogP contribution >= 0.6 is 0 Å². The molecule has 1 spiro atoms. The third kappa shape index (κ3) is 3.97.